The molecule has 6 heteroatoms. The summed E-state index contributed by atoms with van der Waals surface area (Å²) in [4.78, 5) is 24.5. The van der Waals surface area contributed by atoms with Crippen LogP contribution in [0.25, 0.3) is 0 Å². The van der Waals surface area contributed by atoms with E-state index in [1.54, 1.807) is 19.2 Å². The van der Waals surface area contributed by atoms with Crippen LogP contribution in [0.3, 0.4) is 0 Å². The van der Waals surface area contributed by atoms with Gasteiger partial charge in [-0.1, -0.05) is 72.8 Å². The number of rotatable bonds is 11. The Bertz CT molecular complexity index is 991. The number of carbonyl (C=O) groups is 2. The van der Waals surface area contributed by atoms with E-state index in [2.05, 4.69) is 5.32 Å². The lowest BCUT2D eigenvalue weighted by Gasteiger charge is -2.19. The molecule has 0 saturated carbocycles. The standard InChI is InChI=1S/C26H27NO5/c1-30-23-14-8-9-15-24(23)31-17-16-26(29)32-19-25(28)27-22(21-12-6-3-7-13-21)18-20-10-4-2-5-11-20/h2-15,22H,16-19H2,1H3,(H,27,28). The minimum absolute atomic E-state index is 0.0253. The number of nitrogens with one attached hydrogen (secondary N) is 1. The first-order valence-electron chi connectivity index (χ1n) is 10.5. The zero-order valence-corrected chi connectivity index (χ0v) is 18.0. The Kier molecular flexibility index (Phi) is 8.69. The van der Waals surface area contributed by atoms with Gasteiger partial charge in [0.1, 0.15) is 0 Å². The fourth-order valence-corrected chi connectivity index (χ4v) is 3.22. The molecular weight excluding hydrogens is 406 g/mol. The lowest BCUT2D eigenvalue weighted by atomic mass is 9.99. The summed E-state index contributed by atoms with van der Waals surface area (Å²) in [5.41, 5.74) is 2.09. The molecule has 1 N–H and O–H groups in total. The van der Waals surface area contributed by atoms with Crippen LogP contribution < -0.4 is 14.8 Å². The van der Waals surface area contributed by atoms with Crippen LogP contribution in [0.5, 0.6) is 11.5 Å². The highest BCUT2D eigenvalue weighted by Crippen LogP contribution is 2.25. The van der Waals surface area contributed by atoms with E-state index in [0.717, 1.165) is 11.1 Å². The molecule has 0 aliphatic carbocycles. The molecule has 0 bridgehead atoms. The quantitative estimate of drug-likeness (QED) is 0.461. The predicted molar refractivity (Wildman–Crippen MR) is 122 cm³/mol. The maximum absolute atomic E-state index is 12.5. The molecule has 3 rings (SSSR count). The number of hydrogen-bond acceptors (Lipinski definition) is 5. The first-order chi connectivity index (χ1) is 15.7. The predicted octanol–water partition coefficient (Wildman–Crippen LogP) is 4.11. The zero-order valence-electron chi connectivity index (χ0n) is 18.0. The molecule has 0 saturated heterocycles. The van der Waals surface area contributed by atoms with E-state index in [1.165, 1.54) is 0 Å². The minimum atomic E-state index is -0.505. The molecule has 1 atom stereocenters. The molecule has 3 aromatic carbocycles. The molecule has 3 aromatic rings. The highest BCUT2D eigenvalue weighted by Gasteiger charge is 2.16. The van der Waals surface area contributed by atoms with Gasteiger partial charge in [0.05, 0.1) is 26.2 Å². The molecule has 0 radical (unpaired) electrons. The molecular formula is C26H27NO5. The van der Waals surface area contributed by atoms with E-state index in [1.807, 2.05) is 72.8 Å². The van der Waals surface area contributed by atoms with Gasteiger partial charge in [0.15, 0.2) is 18.1 Å². The van der Waals surface area contributed by atoms with E-state index in [9.17, 15) is 9.59 Å². The Morgan fingerprint density at radius 2 is 1.47 bits per heavy atom. The average molecular weight is 434 g/mol. The van der Waals surface area contributed by atoms with Crippen molar-refractivity contribution in [2.75, 3.05) is 20.3 Å². The second-order valence-corrected chi connectivity index (χ2v) is 7.13. The van der Waals surface area contributed by atoms with E-state index >= 15 is 0 Å². The molecule has 0 spiro atoms. The summed E-state index contributed by atoms with van der Waals surface area (Å²) in [6.45, 7) is -0.215. The van der Waals surface area contributed by atoms with Gasteiger partial charge in [0.25, 0.3) is 5.91 Å². The normalized spacial score (nSPS) is 11.3. The number of para-hydroxylation sites is 2. The number of methoxy groups -OCH3 is 1. The summed E-state index contributed by atoms with van der Waals surface area (Å²) in [6.07, 6.45) is 0.661. The Morgan fingerprint density at radius 1 is 0.844 bits per heavy atom. The van der Waals surface area contributed by atoms with Crippen molar-refractivity contribution in [2.45, 2.75) is 18.9 Å². The third-order valence-electron chi connectivity index (χ3n) is 4.82. The van der Waals surface area contributed by atoms with E-state index in [0.29, 0.717) is 17.9 Å². The fraction of sp³-hybridized carbons (Fsp3) is 0.231. The van der Waals surface area contributed by atoms with Gasteiger partial charge >= 0.3 is 5.97 Å². The van der Waals surface area contributed by atoms with Crippen molar-refractivity contribution in [2.24, 2.45) is 0 Å². The van der Waals surface area contributed by atoms with Crippen LogP contribution in [-0.4, -0.2) is 32.2 Å². The van der Waals surface area contributed by atoms with Crippen LogP contribution in [0.4, 0.5) is 0 Å². The number of carbonyl (C=O) groups excluding carboxylic acids is 2. The summed E-state index contributed by atoms with van der Waals surface area (Å²) >= 11 is 0. The van der Waals surface area contributed by atoms with Gasteiger partial charge in [-0.25, -0.2) is 0 Å². The SMILES string of the molecule is COc1ccccc1OCCC(=O)OCC(=O)NC(Cc1ccccc1)c1ccccc1. The maximum Gasteiger partial charge on any atom is 0.309 e. The van der Waals surface area contributed by atoms with Crippen molar-refractivity contribution in [3.05, 3.63) is 96.1 Å². The molecule has 166 valence electrons. The summed E-state index contributed by atoms with van der Waals surface area (Å²) in [5, 5.41) is 2.97. The molecule has 0 aliphatic rings. The Hall–Kier alpha value is -3.80. The van der Waals surface area contributed by atoms with Crippen LogP contribution >= 0.6 is 0 Å². The van der Waals surface area contributed by atoms with Gasteiger partial charge in [0.2, 0.25) is 0 Å². The Labute approximate surface area is 188 Å². The average Bonchev–Trinajstić information content (AvgIpc) is 2.84. The van der Waals surface area contributed by atoms with Crippen molar-refractivity contribution in [3.63, 3.8) is 0 Å². The summed E-state index contributed by atoms with van der Waals surface area (Å²) in [5.74, 6) is 0.279. The monoisotopic (exact) mass is 433 g/mol. The van der Waals surface area contributed by atoms with Crippen molar-refractivity contribution in [1.82, 2.24) is 5.32 Å². The van der Waals surface area contributed by atoms with E-state index < -0.39 is 5.97 Å². The van der Waals surface area contributed by atoms with Crippen LogP contribution in [-0.2, 0) is 20.7 Å². The molecule has 1 amide bonds. The molecule has 0 heterocycles. The lowest BCUT2D eigenvalue weighted by molar-refractivity contribution is -0.149. The number of amides is 1. The highest BCUT2D eigenvalue weighted by atomic mass is 16.5. The van der Waals surface area contributed by atoms with Crippen molar-refractivity contribution >= 4 is 11.9 Å². The van der Waals surface area contributed by atoms with Gasteiger partial charge in [-0.3, -0.25) is 9.59 Å². The fourth-order valence-electron chi connectivity index (χ4n) is 3.22. The molecule has 0 aliphatic heterocycles. The van der Waals surface area contributed by atoms with E-state index in [-0.39, 0.29) is 31.6 Å². The molecule has 6 nitrogen and oxygen atoms in total. The topological polar surface area (TPSA) is 73.9 Å². The van der Waals surface area contributed by atoms with Crippen LogP contribution in [0, 0.1) is 0 Å². The largest absolute Gasteiger partial charge is 0.493 e. The first-order valence-corrected chi connectivity index (χ1v) is 10.5. The van der Waals surface area contributed by atoms with Crippen molar-refractivity contribution in [1.29, 1.82) is 0 Å². The number of hydrogen-bond donors (Lipinski definition) is 1. The number of ether oxygens (including phenoxy) is 3. The van der Waals surface area contributed by atoms with Crippen molar-refractivity contribution in [3.8, 4) is 11.5 Å². The second kappa shape index (κ2) is 12.2. The summed E-state index contributed by atoms with van der Waals surface area (Å²) in [7, 11) is 1.55. The number of benzene rings is 3. The van der Waals surface area contributed by atoms with Crippen LogP contribution in [0.15, 0.2) is 84.9 Å². The Morgan fingerprint density at radius 3 is 2.16 bits per heavy atom. The third-order valence-corrected chi connectivity index (χ3v) is 4.82. The molecule has 0 fully saturated rings. The van der Waals surface area contributed by atoms with Gasteiger partial charge in [0, 0.05) is 0 Å². The van der Waals surface area contributed by atoms with Gasteiger partial charge in [-0.2, -0.15) is 0 Å². The molecule has 32 heavy (non-hydrogen) atoms. The Balaban J connectivity index is 1.47. The lowest BCUT2D eigenvalue weighted by Crippen LogP contribution is -2.33. The van der Waals surface area contributed by atoms with Crippen LogP contribution in [0.1, 0.15) is 23.6 Å². The smallest absolute Gasteiger partial charge is 0.309 e. The van der Waals surface area contributed by atoms with Gasteiger partial charge in [-0.05, 0) is 29.7 Å². The number of esters is 1. The molecule has 1 unspecified atom stereocenters. The van der Waals surface area contributed by atoms with Crippen molar-refractivity contribution < 1.29 is 23.8 Å². The second-order valence-electron chi connectivity index (χ2n) is 7.13. The maximum atomic E-state index is 12.5. The summed E-state index contributed by atoms with van der Waals surface area (Å²) < 4.78 is 15.9. The highest BCUT2D eigenvalue weighted by molar-refractivity contribution is 5.81. The van der Waals surface area contributed by atoms with Crippen LogP contribution in [0.2, 0.25) is 0 Å². The first kappa shape index (κ1) is 22.9. The molecule has 0 aromatic heterocycles. The third kappa shape index (κ3) is 7.16. The van der Waals surface area contributed by atoms with Gasteiger partial charge in [-0.15, -0.1) is 0 Å². The zero-order chi connectivity index (χ0) is 22.6. The van der Waals surface area contributed by atoms with Gasteiger partial charge < -0.3 is 19.5 Å². The minimum Gasteiger partial charge on any atom is -0.493 e. The summed E-state index contributed by atoms with van der Waals surface area (Å²) in [6, 6.07) is 26.6. The van der Waals surface area contributed by atoms with E-state index in [4.69, 9.17) is 14.2 Å².